The number of carbonyl (C=O) groups excluding carboxylic acids is 3. The van der Waals surface area contributed by atoms with Crippen LogP contribution in [0.5, 0.6) is 5.75 Å². The third-order valence-corrected chi connectivity index (χ3v) is 3.99. The molecule has 26 heavy (non-hydrogen) atoms. The van der Waals surface area contributed by atoms with Gasteiger partial charge in [-0.1, -0.05) is 13.8 Å². The molecule has 1 aliphatic rings. The number of rotatable bonds is 8. The average Bonchev–Trinajstić information content (AvgIpc) is 2.66. The number of benzene rings is 1. The molecule has 0 aromatic heterocycles. The first-order valence-corrected chi connectivity index (χ1v) is 9.04. The molecule has 1 N–H and O–H groups in total. The highest BCUT2D eigenvalue weighted by Crippen LogP contribution is 2.18. The highest BCUT2D eigenvalue weighted by Gasteiger charge is 2.35. The predicted octanol–water partition coefficient (Wildman–Crippen LogP) is 1.76. The van der Waals surface area contributed by atoms with E-state index in [4.69, 9.17) is 9.47 Å². The molecule has 1 aliphatic heterocycles. The molecule has 1 heterocycles. The molecule has 1 fully saturated rings. The Bertz CT molecular complexity index is 629. The van der Waals surface area contributed by atoms with Crippen LogP contribution in [0.15, 0.2) is 24.3 Å². The van der Waals surface area contributed by atoms with Crippen LogP contribution in [0.2, 0.25) is 0 Å². The first-order valence-electron chi connectivity index (χ1n) is 9.04. The standard InChI is InChI=1S/C19H26N2O5/c1-3-11-25-15-7-5-14(6-8-15)19(24)21-10-9-20-18(23)16(21)13-17(22)26-12-4-2/h5-8,16H,3-4,9-13H2,1-2H3,(H,20,23)/t16-/m0/s1. The molecule has 2 rings (SSSR count). The van der Waals surface area contributed by atoms with E-state index in [9.17, 15) is 14.4 Å². The van der Waals surface area contributed by atoms with Crippen LogP contribution in [-0.2, 0) is 14.3 Å². The van der Waals surface area contributed by atoms with Gasteiger partial charge >= 0.3 is 5.97 Å². The molecule has 0 bridgehead atoms. The molecular weight excluding hydrogens is 336 g/mol. The molecule has 7 nitrogen and oxygen atoms in total. The lowest BCUT2D eigenvalue weighted by atomic mass is 10.1. The van der Waals surface area contributed by atoms with Gasteiger partial charge in [0, 0.05) is 18.7 Å². The zero-order chi connectivity index (χ0) is 18.9. The van der Waals surface area contributed by atoms with E-state index in [2.05, 4.69) is 5.32 Å². The number of nitrogens with one attached hydrogen (secondary N) is 1. The molecule has 1 aromatic rings. The molecule has 1 atom stereocenters. The Kier molecular flexibility index (Phi) is 7.44. The lowest BCUT2D eigenvalue weighted by Gasteiger charge is -2.34. The maximum Gasteiger partial charge on any atom is 0.308 e. The summed E-state index contributed by atoms with van der Waals surface area (Å²) in [5.41, 5.74) is 0.454. The fourth-order valence-corrected chi connectivity index (χ4v) is 2.67. The van der Waals surface area contributed by atoms with E-state index in [1.807, 2.05) is 13.8 Å². The molecule has 2 amide bonds. The molecule has 1 saturated heterocycles. The second-order valence-electron chi connectivity index (χ2n) is 6.10. The quantitative estimate of drug-likeness (QED) is 0.712. The third-order valence-electron chi connectivity index (χ3n) is 3.99. The minimum atomic E-state index is -0.850. The van der Waals surface area contributed by atoms with Crippen molar-refractivity contribution in [1.82, 2.24) is 10.2 Å². The summed E-state index contributed by atoms with van der Waals surface area (Å²) in [6.45, 7) is 5.55. The van der Waals surface area contributed by atoms with Gasteiger partial charge in [0.15, 0.2) is 0 Å². The average molecular weight is 362 g/mol. The van der Waals surface area contributed by atoms with Gasteiger partial charge in [-0.3, -0.25) is 14.4 Å². The summed E-state index contributed by atoms with van der Waals surface area (Å²) in [6.07, 6.45) is 1.46. The maximum absolute atomic E-state index is 12.8. The van der Waals surface area contributed by atoms with Crippen molar-refractivity contribution in [3.8, 4) is 5.75 Å². The summed E-state index contributed by atoms with van der Waals surface area (Å²) in [4.78, 5) is 38.4. The first-order chi connectivity index (χ1) is 12.6. The monoisotopic (exact) mass is 362 g/mol. The molecule has 0 aliphatic carbocycles. The Morgan fingerprint density at radius 2 is 1.85 bits per heavy atom. The number of hydrogen-bond acceptors (Lipinski definition) is 5. The van der Waals surface area contributed by atoms with E-state index in [0.717, 1.165) is 6.42 Å². The van der Waals surface area contributed by atoms with Gasteiger partial charge in [0.1, 0.15) is 11.8 Å². The van der Waals surface area contributed by atoms with Crippen molar-refractivity contribution >= 4 is 17.8 Å². The Balaban J connectivity index is 2.08. The highest BCUT2D eigenvalue weighted by molar-refractivity contribution is 5.99. The van der Waals surface area contributed by atoms with E-state index < -0.39 is 12.0 Å². The lowest BCUT2D eigenvalue weighted by molar-refractivity contribution is -0.147. The number of ether oxygens (including phenoxy) is 2. The number of carbonyl (C=O) groups is 3. The predicted molar refractivity (Wildman–Crippen MR) is 95.9 cm³/mol. The van der Waals surface area contributed by atoms with Crippen molar-refractivity contribution in [2.24, 2.45) is 0 Å². The van der Waals surface area contributed by atoms with Crippen LogP contribution >= 0.6 is 0 Å². The normalized spacial score (nSPS) is 16.8. The zero-order valence-electron chi connectivity index (χ0n) is 15.3. The second kappa shape index (κ2) is 9.79. The Morgan fingerprint density at radius 1 is 1.15 bits per heavy atom. The summed E-state index contributed by atoms with van der Waals surface area (Å²) < 4.78 is 10.6. The van der Waals surface area contributed by atoms with Gasteiger partial charge in [-0.2, -0.15) is 0 Å². The van der Waals surface area contributed by atoms with Crippen molar-refractivity contribution in [2.75, 3.05) is 26.3 Å². The Hall–Kier alpha value is -2.57. The van der Waals surface area contributed by atoms with E-state index in [1.165, 1.54) is 4.90 Å². The van der Waals surface area contributed by atoms with Gasteiger partial charge in [-0.15, -0.1) is 0 Å². The number of hydrogen-bond donors (Lipinski definition) is 1. The van der Waals surface area contributed by atoms with Crippen LogP contribution in [0.1, 0.15) is 43.5 Å². The minimum Gasteiger partial charge on any atom is -0.494 e. The zero-order valence-corrected chi connectivity index (χ0v) is 15.3. The van der Waals surface area contributed by atoms with Crippen LogP contribution < -0.4 is 10.1 Å². The number of esters is 1. The van der Waals surface area contributed by atoms with Gasteiger partial charge in [-0.25, -0.2) is 0 Å². The van der Waals surface area contributed by atoms with Gasteiger partial charge in [-0.05, 0) is 37.1 Å². The van der Waals surface area contributed by atoms with Gasteiger partial charge in [0.25, 0.3) is 5.91 Å². The van der Waals surface area contributed by atoms with Crippen molar-refractivity contribution in [3.63, 3.8) is 0 Å². The van der Waals surface area contributed by atoms with Crippen LogP contribution in [0.25, 0.3) is 0 Å². The molecule has 0 radical (unpaired) electrons. The summed E-state index contributed by atoms with van der Waals surface area (Å²) in [5, 5.41) is 2.70. The Labute approximate surface area is 153 Å². The van der Waals surface area contributed by atoms with Crippen LogP contribution in [-0.4, -0.2) is 55.0 Å². The van der Waals surface area contributed by atoms with Crippen LogP contribution in [0, 0.1) is 0 Å². The summed E-state index contributed by atoms with van der Waals surface area (Å²) in [7, 11) is 0. The molecular formula is C19H26N2O5. The first kappa shape index (κ1) is 19.8. The van der Waals surface area contributed by atoms with E-state index in [-0.39, 0.29) is 18.2 Å². The Morgan fingerprint density at radius 3 is 2.50 bits per heavy atom. The smallest absolute Gasteiger partial charge is 0.308 e. The SMILES string of the molecule is CCCOC(=O)C[C@H]1C(=O)NCCN1C(=O)c1ccc(OCCC)cc1. The second-order valence-corrected chi connectivity index (χ2v) is 6.10. The number of nitrogens with zero attached hydrogens (tertiary/aromatic N) is 1. The third kappa shape index (κ3) is 5.21. The highest BCUT2D eigenvalue weighted by atomic mass is 16.5. The summed E-state index contributed by atoms with van der Waals surface area (Å²) >= 11 is 0. The maximum atomic E-state index is 12.8. The molecule has 142 valence electrons. The van der Waals surface area contributed by atoms with Crippen molar-refractivity contribution in [2.45, 2.75) is 39.2 Å². The van der Waals surface area contributed by atoms with Crippen molar-refractivity contribution in [3.05, 3.63) is 29.8 Å². The topological polar surface area (TPSA) is 84.9 Å². The molecule has 0 spiro atoms. The van der Waals surface area contributed by atoms with Crippen LogP contribution in [0.3, 0.4) is 0 Å². The largest absolute Gasteiger partial charge is 0.494 e. The number of amides is 2. The fourth-order valence-electron chi connectivity index (χ4n) is 2.67. The molecule has 7 heteroatoms. The van der Waals surface area contributed by atoms with Crippen molar-refractivity contribution < 1.29 is 23.9 Å². The summed E-state index contributed by atoms with van der Waals surface area (Å²) in [5.74, 6) is -0.398. The fraction of sp³-hybridized carbons (Fsp3) is 0.526. The van der Waals surface area contributed by atoms with E-state index >= 15 is 0 Å². The molecule has 0 unspecified atom stereocenters. The van der Waals surface area contributed by atoms with E-state index in [1.54, 1.807) is 24.3 Å². The van der Waals surface area contributed by atoms with Crippen molar-refractivity contribution in [1.29, 1.82) is 0 Å². The molecule has 0 saturated carbocycles. The molecule has 1 aromatic carbocycles. The summed E-state index contributed by atoms with van der Waals surface area (Å²) in [6, 6.07) is 5.96. The van der Waals surface area contributed by atoms with E-state index in [0.29, 0.717) is 44.0 Å². The minimum absolute atomic E-state index is 0.144. The van der Waals surface area contributed by atoms with Crippen LogP contribution in [0.4, 0.5) is 0 Å². The van der Waals surface area contributed by atoms with Gasteiger partial charge in [0.05, 0.1) is 19.6 Å². The number of piperazine rings is 1. The lowest BCUT2D eigenvalue weighted by Crippen LogP contribution is -2.57. The van der Waals surface area contributed by atoms with Gasteiger partial charge < -0.3 is 19.7 Å². The van der Waals surface area contributed by atoms with Gasteiger partial charge in [0.2, 0.25) is 5.91 Å².